The van der Waals surface area contributed by atoms with Crippen LogP contribution < -0.4 is 0 Å². The molecule has 164 valence electrons. The zero-order chi connectivity index (χ0) is 22.4. The lowest BCUT2D eigenvalue weighted by molar-refractivity contribution is -0.137. The Hall–Kier alpha value is -1.92. The lowest BCUT2D eigenvalue weighted by Gasteiger charge is -2.38. The van der Waals surface area contributed by atoms with Crippen molar-refractivity contribution in [3.63, 3.8) is 0 Å². The molecule has 0 fully saturated rings. The SMILES string of the molecule is CCC1(C)Cc2nc(C(C)C)c([C@@H](O)c3ccc(C(F)(F)F)cc3)c(C)c2C(O)C1. The van der Waals surface area contributed by atoms with Crippen LogP contribution in [0.25, 0.3) is 0 Å². The second-order valence-electron chi connectivity index (χ2n) is 9.13. The van der Waals surface area contributed by atoms with Crippen molar-refractivity contribution in [1.82, 2.24) is 4.98 Å². The van der Waals surface area contributed by atoms with Gasteiger partial charge in [-0.1, -0.05) is 46.2 Å². The van der Waals surface area contributed by atoms with Crippen molar-refractivity contribution in [3.05, 3.63) is 63.5 Å². The van der Waals surface area contributed by atoms with Gasteiger partial charge in [0.2, 0.25) is 0 Å². The Morgan fingerprint density at radius 2 is 1.80 bits per heavy atom. The van der Waals surface area contributed by atoms with Gasteiger partial charge in [0, 0.05) is 22.5 Å². The molecule has 1 aromatic heterocycles. The van der Waals surface area contributed by atoms with E-state index in [2.05, 4.69) is 13.8 Å². The summed E-state index contributed by atoms with van der Waals surface area (Å²) >= 11 is 0. The second-order valence-corrected chi connectivity index (χ2v) is 9.13. The maximum atomic E-state index is 12.9. The molecule has 0 saturated carbocycles. The molecule has 2 N–H and O–H groups in total. The van der Waals surface area contributed by atoms with E-state index in [4.69, 9.17) is 4.98 Å². The third-order valence-electron chi connectivity index (χ3n) is 6.49. The zero-order valence-electron chi connectivity index (χ0n) is 18.1. The Balaban J connectivity index is 2.12. The average molecular weight is 422 g/mol. The monoisotopic (exact) mass is 421 g/mol. The standard InChI is InChI=1S/C24H30F3NO2/c1-6-23(5)11-17-19(18(29)12-23)14(4)20(21(28-17)13(2)3)22(30)15-7-9-16(10-8-15)24(25,26)27/h7-10,13,18,22,29-30H,6,11-12H2,1-5H3/t18?,22-,23?/m0/s1. The van der Waals surface area contributed by atoms with Gasteiger partial charge in [0.15, 0.2) is 0 Å². The van der Waals surface area contributed by atoms with Crippen LogP contribution in [-0.2, 0) is 12.6 Å². The fourth-order valence-corrected chi connectivity index (χ4v) is 4.52. The van der Waals surface area contributed by atoms with E-state index in [1.54, 1.807) is 0 Å². The van der Waals surface area contributed by atoms with E-state index in [1.807, 2.05) is 20.8 Å². The van der Waals surface area contributed by atoms with Crippen LogP contribution in [0.1, 0.15) is 97.9 Å². The Morgan fingerprint density at radius 1 is 1.20 bits per heavy atom. The minimum absolute atomic E-state index is 0.0139. The summed E-state index contributed by atoms with van der Waals surface area (Å²) < 4.78 is 38.7. The number of fused-ring (bicyclic) bond motifs is 1. The number of aromatic nitrogens is 1. The Bertz CT molecular complexity index is 922. The van der Waals surface area contributed by atoms with Gasteiger partial charge in [-0.15, -0.1) is 0 Å². The molecule has 2 aromatic rings. The quantitative estimate of drug-likeness (QED) is 0.636. The molecule has 0 bridgehead atoms. The maximum Gasteiger partial charge on any atom is 0.416 e. The van der Waals surface area contributed by atoms with Crippen LogP contribution in [0.4, 0.5) is 13.2 Å². The molecule has 0 amide bonds. The first-order valence-electron chi connectivity index (χ1n) is 10.4. The Labute approximate surface area is 176 Å². The van der Waals surface area contributed by atoms with Crippen LogP contribution in [0.5, 0.6) is 0 Å². The first-order chi connectivity index (χ1) is 13.9. The fraction of sp³-hybridized carbons (Fsp3) is 0.542. The van der Waals surface area contributed by atoms with Crippen molar-refractivity contribution in [2.45, 2.75) is 78.2 Å². The molecular weight excluding hydrogens is 391 g/mol. The normalized spacial score (nSPS) is 22.8. The molecule has 0 saturated heterocycles. The largest absolute Gasteiger partial charge is 0.416 e. The summed E-state index contributed by atoms with van der Waals surface area (Å²) in [6.07, 6.45) is -3.91. The molecule has 0 aliphatic heterocycles. The zero-order valence-corrected chi connectivity index (χ0v) is 18.1. The summed E-state index contributed by atoms with van der Waals surface area (Å²) in [6.45, 7) is 10.1. The van der Waals surface area contributed by atoms with Crippen LogP contribution in [0, 0.1) is 12.3 Å². The minimum Gasteiger partial charge on any atom is -0.388 e. The minimum atomic E-state index is -4.42. The lowest BCUT2D eigenvalue weighted by atomic mass is 9.70. The first kappa shape index (κ1) is 22.8. The number of nitrogens with zero attached hydrogens (tertiary/aromatic N) is 1. The highest BCUT2D eigenvalue weighted by molar-refractivity contribution is 5.48. The summed E-state index contributed by atoms with van der Waals surface area (Å²) in [7, 11) is 0. The van der Waals surface area contributed by atoms with Crippen LogP contribution in [0.15, 0.2) is 24.3 Å². The second kappa shape index (κ2) is 7.97. The highest BCUT2D eigenvalue weighted by Crippen LogP contribution is 2.46. The predicted octanol–water partition coefficient (Wildman–Crippen LogP) is 6.01. The van der Waals surface area contributed by atoms with E-state index in [9.17, 15) is 23.4 Å². The molecule has 6 heteroatoms. The number of benzene rings is 1. The van der Waals surface area contributed by atoms with E-state index in [0.717, 1.165) is 47.5 Å². The molecule has 30 heavy (non-hydrogen) atoms. The van der Waals surface area contributed by atoms with E-state index in [-0.39, 0.29) is 11.3 Å². The maximum absolute atomic E-state index is 12.9. The molecule has 1 aromatic carbocycles. The number of aliphatic hydroxyl groups excluding tert-OH is 2. The van der Waals surface area contributed by atoms with Gasteiger partial charge in [0.1, 0.15) is 6.10 Å². The highest BCUT2D eigenvalue weighted by atomic mass is 19.4. The van der Waals surface area contributed by atoms with Crippen LogP contribution in [0.2, 0.25) is 0 Å². The summed E-state index contributed by atoms with van der Waals surface area (Å²) in [6, 6.07) is 4.58. The molecule has 1 aliphatic rings. The molecule has 0 spiro atoms. The fourth-order valence-electron chi connectivity index (χ4n) is 4.52. The van der Waals surface area contributed by atoms with Crippen molar-refractivity contribution in [2.24, 2.45) is 5.41 Å². The molecule has 2 unspecified atom stereocenters. The highest BCUT2D eigenvalue weighted by Gasteiger charge is 2.38. The molecule has 1 aliphatic carbocycles. The number of pyridine rings is 1. The smallest absolute Gasteiger partial charge is 0.388 e. The van der Waals surface area contributed by atoms with E-state index < -0.39 is 23.9 Å². The third kappa shape index (κ3) is 4.12. The van der Waals surface area contributed by atoms with E-state index >= 15 is 0 Å². The van der Waals surface area contributed by atoms with Crippen molar-refractivity contribution in [2.75, 3.05) is 0 Å². The van der Waals surface area contributed by atoms with Crippen molar-refractivity contribution in [1.29, 1.82) is 0 Å². The number of halogens is 3. The molecule has 1 heterocycles. The summed E-state index contributed by atoms with van der Waals surface area (Å²) in [5, 5.41) is 22.0. The van der Waals surface area contributed by atoms with Crippen molar-refractivity contribution >= 4 is 0 Å². The molecular formula is C24H30F3NO2. The number of alkyl halides is 3. The van der Waals surface area contributed by atoms with Gasteiger partial charge in [-0.05, 0) is 54.4 Å². The average Bonchev–Trinajstić information content (AvgIpc) is 2.66. The molecule has 0 radical (unpaired) electrons. The number of hydrogen-bond donors (Lipinski definition) is 2. The van der Waals surface area contributed by atoms with Gasteiger partial charge in [-0.3, -0.25) is 4.98 Å². The topological polar surface area (TPSA) is 53.4 Å². The Kier molecular flexibility index (Phi) is 6.04. The van der Waals surface area contributed by atoms with Gasteiger partial charge in [0.25, 0.3) is 0 Å². The number of aliphatic hydroxyl groups is 2. The van der Waals surface area contributed by atoms with E-state index in [1.165, 1.54) is 12.1 Å². The lowest BCUT2D eigenvalue weighted by Crippen LogP contribution is -2.31. The van der Waals surface area contributed by atoms with Crippen LogP contribution in [0.3, 0.4) is 0 Å². The van der Waals surface area contributed by atoms with Crippen molar-refractivity contribution in [3.8, 4) is 0 Å². The number of hydrogen-bond acceptors (Lipinski definition) is 3. The number of rotatable bonds is 4. The summed E-state index contributed by atoms with van der Waals surface area (Å²) in [4.78, 5) is 4.87. The van der Waals surface area contributed by atoms with Gasteiger partial charge in [-0.25, -0.2) is 0 Å². The van der Waals surface area contributed by atoms with Crippen LogP contribution in [-0.4, -0.2) is 15.2 Å². The Morgan fingerprint density at radius 3 is 2.30 bits per heavy atom. The van der Waals surface area contributed by atoms with Crippen molar-refractivity contribution < 1.29 is 23.4 Å². The first-order valence-corrected chi connectivity index (χ1v) is 10.4. The summed E-state index contributed by atoms with van der Waals surface area (Å²) in [5.74, 6) is 0.0139. The molecule has 3 atom stereocenters. The molecule has 3 rings (SSSR count). The summed E-state index contributed by atoms with van der Waals surface area (Å²) in [5.41, 5.74) is 3.30. The third-order valence-corrected chi connectivity index (χ3v) is 6.49. The van der Waals surface area contributed by atoms with Crippen LogP contribution >= 0.6 is 0 Å². The van der Waals surface area contributed by atoms with Gasteiger partial charge < -0.3 is 10.2 Å². The van der Waals surface area contributed by atoms with Gasteiger partial charge in [0.05, 0.1) is 11.7 Å². The van der Waals surface area contributed by atoms with E-state index in [0.29, 0.717) is 17.5 Å². The molecule has 3 nitrogen and oxygen atoms in total. The predicted molar refractivity (Wildman–Crippen MR) is 110 cm³/mol. The van der Waals surface area contributed by atoms with Gasteiger partial charge in [-0.2, -0.15) is 13.2 Å². The van der Waals surface area contributed by atoms with Gasteiger partial charge >= 0.3 is 6.18 Å².